The van der Waals surface area contributed by atoms with Gasteiger partial charge in [0.15, 0.2) is 0 Å². The van der Waals surface area contributed by atoms with E-state index >= 15 is 0 Å². The summed E-state index contributed by atoms with van der Waals surface area (Å²) in [6.07, 6.45) is -2.38. The van der Waals surface area contributed by atoms with Gasteiger partial charge in [-0.15, -0.1) is 0 Å². The number of pyridine rings is 1. The molecule has 0 spiro atoms. The number of nitrogens with zero attached hydrogens (tertiary/aromatic N) is 1. The van der Waals surface area contributed by atoms with Gasteiger partial charge in [-0.3, -0.25) is 9.78 Å². The molecule has 0 fully saturated rings. The second-order valence-corrected chi connectivity index (χ2v) is 5.50. The molecule has 0 aliphatic heterocycles. The van der Waals surface area contributed by atoms with Crippen LogP contribution in [0.5, 0.6) is 0 Å². The number of rotatable bonds is 6. The minimum Gasteiger partial charge on any atom is -0.347 e. The number of aromatic nitrogens is 1. The maximum atomic E-state index is 11.8. The monoisotopic (exact) mass is 311 g/mol. The van der Waals surface area contributed by atoms with Crippen molar-refractivity contribution in [3.63, 3.8) is 0 Å². The average Bonchev–Trinajstić information content (AvgIpc) is 2.36. The van der Waals surface area contributed by atoms with E-state index < -0.39 is 35.1 Å². The Morgan fingerprint density at radius 1 is 1.35 bits per heavy atom. The van der Waals surface area contributed by atoms with Crippen LogP contribution < -0.4 is 10.0 Å². The topological polar surface area (TPSA) is 88.2 Å². The van der Waals surface area contributed by atoms with Crippen molar-refractivity contribution in [2.45, 2.75) is 17.5 Å². The molecule has 1 amide bonds. The Kier molecular flexibility index (Phi) is 5.45. The molecule has 0 aliphatic rings. The van der Waals surface area contributed by atoms with Gasteiger partial charge in [-0.25, -0.2) is 13.1 Å². The molecule has 0 bridgehead atoms. The number of carbonyl (C=O) groups is 1. The number of halogens is 3. The second kappa shape index (κ2) is 6.66. The Morgan fingerprint density at radius 3 is 2.60 bits per heavy atom. The van der Waals surface area contributed by atoms with Crippen LogP contribution in [0.15, 0.2) is 29.4 Å². The van der Waals surface area contributed by atoms with Crippen molar-refractivity contribution in [1.82, 2.24) is 15.0 Å². The van der Waals surface area contributed by atoms with Gasteiger partial charge in [-0.2, -0.15) is 13.2 Å². The van der Waals surface area contributed by atoms with E-state index in [9.17, 15) is 26.4 Å². The van der Waals surface area contributed by atoms with Crippen LogP contribution in [-0.4, -0.2) is 38.6 Å². The molecule has 112 valence electrons. The standard InChI is InChI=1S/C10H12F3N3O3S/c11-10(12,13)7-15-9(17)3-5-16-20(18,19)8-2-1-4-14-6-8/h1-2,4,6,16H,3,5,7H2,(H,15,17). The molecule has 1 heterocycles. The molecule has 1 aromatic heterocycles. The molecule has 0 saturated carbocycles. The third-order valence-electron chi connectivity index (χ3n) is 2.07. The first-order valence-corrected chi connectivity index (χ1v) is 6.92. The lowest BCUT2D eigenvalue weighted by Gasteiger charge is -2.09. The van der Waals surface area contributed by atoms with Gasteiger partial charge in [0.1, 0.15) is 11.4 Å². The van der Waals surface area contributed by atoms with Gasteiger partial charge >= 0.3 is 6.18 Å². The molecule has 1 aromatic rings. The lowest BCUT2D eigenvalue weighted by molar-refractivity contribution is -0.138. The maximum Gasteiger partial charge on any atom is 0.405 e. The van der Waals surface area contributed by atoms with Gasteiger partial charge in [0.25, 0.3) is 0 Å². The normalized spacial score (nSPS) is 12.2. The first-order valence-electron chi connectivity index (χ1n) is 5.44. The Hall–Kier alpha value is -1.68. The first-order chi connectivity index (χ1) is 9.21. The first kappa shape index (κ1) is 16.4. The number of nitrogens with one attached hydrogen (secondary N) is 2. The van der Waals surface area contributed by atoms with Crippen LogP contribution in [0.2, 0.25) is 0 Å². The number of hydrogen-bond acceptors (Lipinski definition) is 4. The number of sulfonamides is 1. The molecular weight excluding hydrogens is 299 g/mol. The summed E-state index contributed by atoms with van der Waals surface area (Å²) in [4.78, 5) is 14.6. The Bertz CT molecular complexity index is 546. The van der Waals surface area contributed by atoms with E-state index in [1.165, 1.54) is 18.3 Å². The summed E-state index contributed by atoms with van der Waals surface area (Å²) in [7, 11) is -3.81. The van der Waals surface area contributed by atoms with Gasteiger partial charge in [0.05, 0.1) is 0 Å². The predicted molar refractivity (Wildman–Crippen MR) is 63.1 cm³/mol. The van der Waals surface area contributed by atoms with Crippen molar-refractivity contribution in [2.75, 3.05) is 13.1 Å². The molecular formula is C10H12F3N3O3S. The van der Waals surface area contributed by atoms with Crippen LogP contribution in [0.3, 0.4) is 0 Å². The van der Waals surface area contributed by atoms with E-state index in [1.807, 2.05) is 0 Å². The fourth-order valence-electron chi connectivity index (χ4n) is 1.18. The van der Waals surface area contributed by atoms with Gasteiger partial charge in [-0.1, -0.05) is 0 Å². The van der Waals surface area contributed by atoms with Crippen LogP contribution in [0.4, 0.5) is 13.2 Å². The minimum absolute atomic E-state index is 0.0873. The largest absolute Gasteiger partial charge is 0.405 e. The number of amides is 1. The summed E-state index contributed by atoms with van der Waals surface area (Å²) in [5, 5.41) is 1.64. The Morgan fingerprint density at radius 2 is 2.05 bits per heavy atom. The molecule has 0 saturated heterocycles. The zero-order chi connectivity index (χ0) is 15.2. The fourth-order valence-corrected chi connectivity index (χ4v) is 2.17. The summed E-state index contributed by atoms with van der Waals surface area (Å²) in [6.45, 7) is -1.75. The number of alkyl halides is 3. The molecule has 0 aromatic carbocycles. The van der Waals surface area contributed by atoms with E-state index in [1.54, 1.807) is 5.32 Å². The highest BCUT2D eigenvalue weighted by molar-refractivity contribution is 7.89. The molecule has 0 aliphatic carbocycles. The summed E-state index contributed by atoms with van der Waals surface area (Å²) >= 11 is 0. The Labute approximate surface area is 113 Å². The molecule has 10 heteroatoms. The van der Waals surface area contributed by atoms with Crippen LogP contribution in [0, 0.1) is 0 Å². The molecule has 2 N–H and O–H groups in total. The van der Waals surface area contributed by atoms with Gasteiger partial charge < -0.3 is 5.32 Å². The summed E-state index contributed by atoms with van der Waals surface area (Å²) in [5.41, 5.74) is 0. The molecule has 6 nitrogen and oxygen atoms in total. The quantitative estimate of drug-likeness (QED) is 0.797. The van der Waals surface area contributed by atoms with E-state index in [0.29, 0.717) is 0 Å². The molecule has 0 atom stereocenters. The van der Waals surface area contributed by atoms with E-state index in [4.69, 9.17) is 0 Å². The highest BCUT2D eigenvalue weighted by atomic mass is 32.2. The second-order valence-electron chi connectivity index (χ2n) is 3.73. The zero-order valence-electron chi connectivity index (χ0n) is 10.1. The molecule has 0 unspecified atom stereocenters. The van der Waals surface area contributed by atoms with E-state index in [0.717, 1.165) is 6.20 Å². The molecule has 20 heavy (non-hydrogen) atoms. The van der Waals surface area contributed by atoms with Crippen LogP contribution >= 0.6 is 0 Å². The van der Waals surface area contributed by atoms with Crippen molar-refractivity contribution in [3.8, 4) is 0 Å². The smallest absolute Gasteiger partial charge is 0.347 e. The summed E-state index contributed by atoms with van der Waals surface area (Å²) < 4.78 is 60.9. The molecule has 1 rings (SSSR count). The van der Waals surface area contributed by atoms with Crippen molar-refractivity contribution in [2.24, 2.45) is 0 Å². The van der Waals surface area contributed by atoms with E-state index in [2.05, 4.69) is 9.71 Å². The number of hydrogen-bond donors (Lipinski definition) is 2. The minimum atomic E-state index is -4.50. The van der Waals surface area contributed by atoms with Crippen LogP contribution in [-0.2, 0) is 14.8 Å². The van der Waals surface area contributed by atoms with Gasteiger partial charge in [0, 0.05) is 25.4 Å². The maximum absolute atomic E-state index is 11.8. The fraction of sp³-hybridized carbons (Fsp3) is 0.400. The van der Waals surface area contributed by atoms with E-state index in [-0.39, 0.29) is 11.4 Å². The summed E-state index contributed by atoms with van der Waals surface area (Å²) in [5.74, 6) is -0.892. The van der Waals surface area contributed by atoms with Crippen molar-refractivity contribution < 1.29 is 26.4 Å². The van der Waals surface area contributed by atoms with Crippen LogP contribution in [0.25, 0.3) is 0 Å². The third kappa shape index (κ3) is 5.97. The third-order valence-corrected chi connectivity index (χ3v) is 3.52. The lowest BCUT2D eigenvalue weighted by Crippen LogP contribution is -2.36. The summed E-state index contributed by atoms with van der Waals surface area (Å²) in [6, 6.07) is 2.73. The lowest BCUT2D eigenvalue weighted by atomic mass is 10.4. The SMILES string of the molecule is O=C(CCNS(=O)(=O)c1cccnc1)NCC(F)(F)F. The average molecular weight is 311 g/mol. The highest BCUT2D eigenvalue weighted by Crippen LogP contribution is 2.12. The van der Waals surface area contributed by atoms with Crippen molar-refractivity contribution in [3.05, 3.63) is 24.5 Å². The molecule has 0 radical (unpaired) electrons. The van der Waals surface area contributed by atoms with Gasteiger partial charge in [-0.05, 0) is 12.1 Å². The van der Waals surface area contributed by atoms with Gasteiger partial charge in [0.2, 0.25) is 15.9 Å². The van der Waals surface area contributed by atoms with Crippen LogP contribution in [0.1, 0.15) is 6.42 Å². The highest BCUT2D eigenvalue weighted by Gasteiger charge is 2.27. The Balaban J connectivity index is 2.39. The van der Waals surface area contributed by atoms with Crippen molar-refractivity contribution in [1.29, 1.82) is 0 Å². The zero-order valence-corrected chi connectivity index (χ0v) is 11.0. The number of carbonyl (C=O) groups excluding carboxylic acids is 1. The predicted octanol–water partition coefficient (Wildman–Crippen LogP) is 0.428. The van der Waals surface area contributed by atoms with Crippen molar-refractivity contribution >= 4 is 15.9 Å².